The Labute approximate surface area is 129 Å². The number of amides is 2. The summed E-state index contributed by atoms with van der Waals surface area (Å²) in [5.41, 5.74) is 0.863. The first-order valence-corrected chi connectivity index (χ1v) is 7.33. The summed E-state index contributed by atoms with van der Waals surface area (Å²) in [5, 5.41) is 0. The molecule has 0 aliphatic carbocycles. The molecule has 22 heavy (non-hydrogen) atoms. The molecule has 2 amide bonds. The number of hydrogen-bond acceptors (Lipinski definition) is 5. The topological polar surface area (TPSA) is 72.9 Å². The Morgan fingerprint density at radius 3 is 2.27 bits per heavy atom. The van der Waals surface area contributed by atoms with Crippen molar-refractivity contribution >= 4 is 17.8 Å². The monoisotopic (exact) mass is 305 g/mol. The lowest BCUT2D eigenvalue weighted by molar-refractivity contribution is -0.145. The van der Waals surface area contributed by atoms with Gasteiger partial charge in [0.05, 0.1) is 30.9 Å². The van der Waals surface area contributed by atoms with Crippen molar-refractivity contribution in [2.45, 2.75) is 19.8 Å². The first-order valence-electron chi connectivity index (χ1n) is 7.33. The summed E-state index contributed by atoms with van der Waals surface area (Å²) in [4.78, 5) is 36.4. The molecule has 1 aliphatic rings. The van der Waals surface area contributed by atoms with Crippen molar-refractivity contribution in [1.82, 2.24) is 4.90 Å². The van der Waals surface area contributed by atoms with E-state index < -0.39 is 0 Å². The zero-order valence-corrected chi connectivity index (χ0v) is 12.5. The van der Waals surface area contributed by atoms with Crippen molar-refractivity contribution in [1.29, 1.82) is 0 Å². The zero-order valence-electron chi connectivity index (χ0n) is 12.5. The van der Waals surface area contributed by atoms with E-state index >= 15 is 0 Å². The molecule has 0 atom stereocenters. The quantitative estimate of drug-likeness (QED) is 0.415. The molecule has 1 heterocycles. The maximum atomic E-state index is 12.1. The summed E-state index contributed by atoms with van der Waals surface area (Å²) in [5.74, 6) is -0.830. The maximum Gasteiger partial charge on any atom is 0.305 e. The van der Waals surface area contributed by atoms with E-state index in [4.69, 9.17) is 9.47 Å². The van der Waals surface area contributed by atoms with Gasteiger partial charge < -0.3 is 9.47 Å². The van der Waals surface area contributed by atoms with E-state index in [-0.39, 0.29) is 44.1 Å². The minimum atomic E-state index is -0.293. The third-order valence-electron chi connectivity index (χ3n) is 3.28. The third kappa shape index (κ3) is 3.71. The van der Waals surface area contributed by atoms with E-state index in [1.807, 2.05) is 6.92 Å². The van der Waals surface area contributed by atoms with Crippen molar-refractivity contribution in [3.63, 3.8) is 0 Å². The van der Waals surface area contributed by atoms with Gasteiger partial charge >= 0.3 is 5.97 Å². The van der Waals surface area contributed by atoms with Crippen LogP contribution in [0, 0.1) is 0 Å². The molecule has 0 N–H and O–H groups in total. The lowest BCUT2D eigenvalue weighted by atomic mass is 10.1. The van der Waals surface area contributed by atoms with Crippen LogP contribution in [0.5, 0.6) is 0 Å². The summed E-state index contributed by atoms with van der Waals surface area (Å²) in [6, 6.07) is 6.75. The van der Waals surface area contributed by atoms with E-state index in [9.17, 15) is 14.4 Å². The number of carbonyl (C=O) groups excluding carboxylic acids is 3. The minimum Gasteiger partial charge on any atom is -0.463 e. The molecular formula is C16H19NO5. The van der Waals surface area contributed by atoms with E-state index in [0.29, 0.717) is 17.5 Å². The molecule has 0 saturated carbocycles. The Morgan fingerprint density at radius 2 is 1.68 bits per heavy atom. The first-order chi connectivity index (χ1) is 10.6. The van der Waals surface area contributed by atoms with Crippen LogP contribution >= 0.6 is 0 Å². The smallest absolute Gasteiger partial charge is 0.305 e. The van der Waals surface area contributed by atoms with Gasteiger partial charge in [0.1, 0.15) is 6.61 Å². The van der Waals surface area contributed by atoms with Crippen molar-refractivity contribution in [3.05, 3.63) is 35.4 Å². The number of hydrogen-bond donors (Lipinski definition) is 0. The van der Waals surface area contributed by atoms with Gasteiger partial charge in [-0.05, 0) is 18.6 Å². The minimum absolute atomic E-state index is 0.181. The second-order valence-electron chi connectivity index (χ2n) is 4.89. The van der Waals surface area contributed by atoms with Crippen LogP contribution in [0.25, 0.3) is 0 Å². The van der Waals surface area contributed by atoms with Crippen molar-refractivity contribution in [2.75, 3.05) is 26.4 Å². The summed E-state index contributed by atoms with van der Waals surface area (Å²) < 4.78 is 10.2. The molecule has 1 aliphatic heterocycles. The SMILES string of the molecule is CCCC(=O)OCCOCCN1C(=O)c2ccccc2C1=O. The van der Waals surface area contributed by atoms with Crippen molar-refractivity contribution in [3.8, 4) is 0 Å². The Balaban J connectivity index is 1.70. The summed E-state index contributed by atoms with van der Waals surface area (Å²) >= 11 is 0. The lowest BCUT2D eigenvalue weighted by Crippen LogP contribution is -2.33. The predicted octanol–water partition coefficient (Wildman–Crippen LogP) is 1.64. The van der Waals surface area contributed by atoms with Gasteiger partial charge in [0.2, 0.25) is 0 Å². The van der Waals surface area contributed by atoms with Crippen LogP contribution < -0.4 is 0 Å². The number of imide groups is 1. The molecule has 0 aromatic heterocycles. The van der Waals surface area contributed by atoms with Crippen LogP contribution in [0.4, 0.5) is 0 Å². The molecule has 2 rings (SSSR count). The molecule has 0 unspecified atom stereocenters. The molecule has 1 aromatic rings. The highest BCUT2D eigenvalue weighted by molar-refractivity contribution is 6.21. The third-order valence-corrected chi connectivity index (χ3v) is 3.28. The Kier molecular flexibility index (Phi) is 5.66. The fraction of sp³-hybridized carbons (Fsp3) is 0.438. The van der Waals surface area contributed by atoms with Gasteiger partial charge in [0.15, 0.2) is 0 Å². The second kappa shape index (κ2) is 7.70. The number of benzene rings is 1. The average Bonchev–Trinajstić information content (AvgIpc) is 2.76. The Bertz CT molecular complexity index is 534. The summed E-state index contributed by atoms with van der Waals surface area (Å²) in [6.45, 7) is 2.74. The molecule has 0 bridgehead atoms. The average molecular weight is 305 g/mol. The molecule has 1 aromatic carbocycles. The van der Waals surface area contributed by atoms with Gasteiger partial charge in [-0.2, -0.15) is 0 Å². The second-order valence-corrected chi connectivity index (χ2v) is 4.89. The highest BCUT2D eigenvalue weighted by Gasteiger charge is 2.34. The van der Waals surface area contributed by atoms with Crippen LogP contribution in [-0.4, -0.2) is 49.0 Å². The molecule has 6 heteroatoms. The van der Waals surface area contributed by atoms with Gasteiger partial charge in [-0.25, -0.2) is 0 Å². The van der Waals surface area contributed by atoms with Crippen LogP contribution in [0.2, 0.25) is 0 Å². The fourth-order valence-corrected chi connectivity index (χ4v) is 2.19. The van der Waals surface area contributed by atoms with Crippen LogP contribution in [0.3, 0.4) is 0 Å². The normalized spacial score (nSPS) is 13.4. The molecule has 0 saturated heterocycles. The van der Waals surface area contributed by atoms with E-state index in [2.05, 4.69) is 0 Å². The largest absolute Gasteiger partial charge is 0.463 e. The highest BCUT2D eigenvalue weighted by atomic mass is 16.6. The summed E-state index contributed by atoms with van der Waals surface area (Å²) in [6.07, 6.45) is 1.15. The highest BCUT2D eigenvalue weighted by Crippen LogP contribution is 2.21. The summed E-state index contributed by atoms with van der Waals surface area (Å²) in [7, 11) is 0. The molecule has 6 nitrogen and oxygen atoms in total. The standard InChI is InChI=1S/C16H19NO5/c1-2-5-14(18)22-11-10-21-9-8-17-15(19)12-6-3-4-7-13(12)16(17)20/h3-4,6-7H,2,5,8-11H2,1H3. The van der Waals surface area contributed by atoms with E-state index in [1.54, 1.807) is 24.3 Å². The van der Waals surface area contributed by atoms with Crippen LogP contribution in [-0.2, 0) is 14.3 Å². The molecule has 0 fully saturated rings. The van der Waals surface area contributed by atoms with Gasteiger partial charge in [-0.1, -0.05) is 19.1 Å². The number of ether oxygens (including phenoxy) is 2. The maximum absolute atomic E-state index is 12.1. The Hall–Kier alpha value is -2.21. The van der Waals surface area contributed by atoms with Crippen molar-refractivity contribution < 1.29 is 23.9 Å². The number of fused-ring (bicyclic) bond motifs is 1. The number of rotatable bonds is 8. The molecule has 118 valence electrons. The van der Waals surface area contributed by atoms with E-state index in [0.717, 1.165) is 6.42 Å². The number of esters is 1. The number of nitrogens with zero attached hydrogens (tertiary/aromatic N) is 1. The van der Waals surface area contributed by atoms with Crippen LogP contribution in [0.15, 0.2) is 24.3 Å². The zero-order chi connectivity index (χ0) is 15.9. The Morgan fingerprint density at radius 1 is 1.05 bits per heavy atom. The molecular weight excluding hydrogens is 286 g/mol. The lowest BCUT2D eigenvalue weighted by Gasteiger charge is -2.13. The van der Waals surface area contributed by atoms with Crippen LogP contribution in [0.1, 0.15) is 40.5 Å². The molecule has 0 spiro atoms. The van der Waals surface area contributed by atoms with Gasteiger partial charge in [-0.15, -0.1) is 0 Å². The first kappa shape index (κ1) is 16.2. The van der Waals surface area contributed by atoms with E-state index in [1.165, 1.54) is 4.90 Å². The number of carbonyl (C=O) groups is 3. The van der Waals surface area contributed by atoms with Gasteiger partial charge in [-0.3, -0.25) is 19.3 Å². The van der Waals surface area contributed by atoms with Gasteiger partial charge in [0, 0.05) is 6.42 Å². The van der Waals surface area contributed by atoms with Crippen molar-refractivity contribution in [2.24, 2.45) is 0 Å². The molecule has 0 radical (unpaired) electrons. The predicted molar refractivity (Wildman–Crippen MR) is 78.5 cm³/mol. The fourth-order valence-electron chi connectivity index (χ4n) is 2.19. The van der Waals surface area contributed by atoms with Gasteiger partial charge in [0.25, 0.3) is 11.8 Å².